The highest BCUT2D eigenvalue weighted by atomic mass is 127. The zero-order chi connectivity index (χ0) is 22.5. The molecular formula is C23H23I2NO5. The Kier molecular flexibility index (Phi) is 8.34. The summed E-state index contributed by atoms with van der Waals surface area (Å²) in [4.78, 5) is 26.0. The van der Waals surface area contributed by atoms with Crippen LogP contribution in [0.25, 0.3) is 11.0 Å². The smallest absolute Gasteiger partial charge is 0.313 e. The number of hydrogen-bond donors (Lipinski definition) is 1. The molecular weight excluding hydrogens is 624 g/mol. The van der Waals surface area contributed by atoms with E-state index in [1.807, 2.05) is 32.0 Å². The normalized spacial score (nSPS) is 12.0. The fourth-order valence-corrected chi connectivity index (χ4v) is 5.16. The minimum Gasteiger partial charge on any atom is -0.490 e. The predicted molar refractivity (Wildman–Crippen MR) is 136 cm³/mol. The second-order valence-corrected chi connectivity index (χ2v) is 9.34. The first kappa shape index (κ1) is 24.0. The Bertz CT molecular complexity index is 1090. The number of ketones is 1. The van der Waals surface area contributed by atoms with Gasteiger partial charge in [-0.05, 0) is 76.7 Å². The van der Waals surface area contributed by atoms with Crippen LogP contribution in [0.2, 0.25) is 0 Å². The number of halogens is 2. The molecule has 6 nitrogen and oxygen atoms in total. The first-order chi connectivity index (χ1) is 14.8. The van der Waals surface area contributed by atoms with Crippen LogP contribution in [-0.2, 0) is 16.0 Å². The molecule has 0 aliphatic heterocycles. The number of rotatable bonds is 9. The van der Waals surface area contributed by atoms with Crippen molar-refractivity contribution in [1.82, 2.24) is 0 Å². The predicted octanol–water partition coefficient (Wildman–Crippen LogP) is 5.09. The number of carbonyl (C=O) groups excluding carboxylic acids is 2. The molecule has 0 aliphatic rings. The highest BCUT2D eigenvalue weighted by Crippen LogP contribution is 2.33. The van der Waals surface area contributed by atoms with Crippen LogP contribution in [-0.4, -0.2) is 31.0 Å². The number of nitrogens with two attached hydrogens (primary N) is 1. The lowest BCUT2D eigenvalue weighted by atomic mass is 9.99. The van der Waals surface area contributed by atoms with E-state index < -0.39 is 5.97 Å². The van der Waals surface area contributed by atoms with Crippen molar-refractivity contribution in [2.45, 2.75) is 32.8 Å². The molecule has 1 heterocycles. The standard InChI is InChI=1S/C23H23I2NO5/c1-3-13(2)30-20(27)12-19-21(15-6-4-5-7-18(15)31-19)22(28)14-10-16(24)23(17(25)11-14)29-9-8-26/h4-7,10-11,13H,3,8-9,12,26H2,1-2H3/t13-/m1/s1. The van der Waals surface area contributed by atoms with Crippen LogP contribution >= 0.6 is 45.2 Å². The van der Waals surface area contributed by atoms with Crippen LogP contribution < -0.4 is 10.5 Å². The average molecular weight is 647 g/mol. The highest BCUT2D eigenvalue weighted by Gasteiger charge is 2.25. The molecule has 1 aromatic heterocycles. The van der Waals surface area contributed by atoms with E-state index >= 15 is 0 Å². The van der Waals surface area contributed by atoms with Crippen molar-refractivity contribution in [2.24, 2.45) is 5.73 Å². The molecule has 31 heavy (non-hydrogen) atoms. The van der Waals surface area contributed by atoms with Gasteiger partial charge < -0.3 is 19.6 Å². The largest absolute Gasteiger partial charge is 0.490 e. The van der Waals surface area contributed by atoms with E-state index in [1.54, 1.807) is 18.2 Å². The quantitative estimate of drug-likeness (QED) is 0.198. The van der Waals surface area contributed by atoms with Gasteiger partial charge in [-0.1, -0.05) is 25.1 Å². The Labute approximate surface area is 208 Å². The Balaban J connectivity index is 2.01. The molecule has 164 valence electrons. The molecule has 0 spiro atoms. The third-order valence-electron chi connectivity index (χ3n) is 4.73. The second kappa shape index (κ2) is 10.8. The van der Waals surface area contributed by atoms with E-state index in [2.05, 4.69) is 45.2 Å². The zero-order valence-corrected chi connectivity index (χ0v) is 21.6. The van der Waals surface area contributed by atoms with E-state index in [0.29, 0.717) is 53.2 Å². The Morgan fingerprint density at radius 3 is 2.48 bits per heavy atom. The fraction of sp³-hybridized carbons (Fsp3) is 0.304. The van der Waals surface area contributed by atoms with Gasteiger partial charge in [0.15, 0.2) is 5.78 Å². The summed E-state index contributed by atoms with van der Waals surface area (Å²) in [5.41, 5.74) is 6.98. The molecule has 3 rings (SSSR count). The number of furan rings is 1. The summed E-state index contributed by atoms with van der Waals surface area (Å²) in [7, 11) is 0. The first-order valence-electron chi connectivity index (χ1n) is 9.92. The number of esters is 1. The summed E-state index contributed by atoms with van der Waals surface area (Å²) in [5.74, 6) is 0.389. The summed E-state index contributed by atoms with van der Waals surface area (Å²) < 4.78 is 18.6. The van der Waals surface area contributed by atoms with Crippen molar-refractivity contribution in [3.8, 4) is 5.75 Å². The van der Waals surface area contributed by atoms with E-state index in [1.165, 1.54) is 0 Å². The summed E-state index contributed by atoms with van der Waals surface area (Å²) in [6, 6.07) is 10.8. The molecule has 0 fully saturated rings. The molecule has 0 radical (unpaired) electrons. The van der Waals surface area contributed by atoms with Crippen molar-refractivity contribution in [2.75, 3.05) is 13.2 Å². The monoisotopic (exact) mass is 647 g/mol. The molecule has 0 saturated heterocycles. The van der Waals surface area contributed by atoms with Gasteiger partial charge in [0.05, 0.1) is 18.8 Å². The molecule has 0 unspecified atom stereocenters. The van der Waals surface area contributed by atoms with E-state index in [0.717, 1.165) is 7.14 Å². The summed E-state index contributed by atoms with van der Waals surface area (Å²) >= 11 is 4.29. The number of fused-ring (bicyclic) bond motifs is 1. The third kappa shape index (κ3) is 5.58. The summed E-state index contributed by atoms with van der Waals surface area (Å²) in [6.45, 7) is 4.58. The molecule has 3 aromatic rings. The minimum atomic E-state index is -0.419. The van der Waals surface area contributed by atoms with Gasteiger partial charge in [0.2, 0.25) is 0 Å². The van der Waals surface area contributed by atoms with Crippen molar-refractivity contribution in [3.05, 3.63) is 60.4 Å². The molecule has 1 atom stereocenters. The van der Waals surface area contributed by atoms with E-state index in [4.69, 9.17) is 19.6 Å². The lowest BCUT2D eigenvalue weighted by Crippen LogP contribution is -2.17. The second-order valence-electron chi connectivity index (χ2n) is 7.02. The van der Waals surface area contributed by atoms with Crippen molar-refractivity contribution in [3.63, 3.8) is 0 Å². The Morgan fingerprint density at radius 1 is 1.16 bits per heavy atom. The van der Waals surface area contributed by atoms with Gasteiger partial charge in [0.1, 0.15) is 30.1 Å². The summed E-state index contributed by atoms with van der Waals surface area (Å²) in [6.07, 6.45) is 0.416. The summed E-state index contributed by atoms with van der Waals surface area (Å²) in [5, 5.41) is 0.673. The molecule has 0 amide bonds. The maximum absolute atomic E-state index is 13.6. The molecule has 0 saturated carbocycles. The maximum atomic E-state index is 13.6. The van der Waals surface area contributed by atoms with Crippen molar-refractivity contribution >= 4 is 67.9 Å². The molecule has 8 heteroatoms. The van der Waals surface area contributed by atoms with Gasteiger partial charge >= 0.3 is 5.97 Å². The average Bonchev–Trinajstić information content (AvgIpc) is 3.09. The number of ether oxygens (including phenoxy) is 2. The van der Waals surface area contributed by atoms with E-state index in [9.17, 15) is 9.59 Å². The number of hydrogen-bond acceptors (Lipinski definition) is 6. The lowest BCUT2D eigenvalue weighted by molar-refractivity contribution is -0.147. The van der Waals surface area contributed by atoms with Gasteiger partial charge in [-0.2, -0.15) is 0 Å². The highest BCUT2D eigenvalue weighted by molar-refractivity contribution is 14.1. The first-order valence-corrected chi connectivity index (χ1v) is 12.1. The van der Waals surface area contributed by atoms with Gasteiger partial charge in [0.25, 0.3) is 0 Å². The van der Waals surface area contributed by atoms with E-state index in [-0.39, 0.29) is 18.3 Å². The Hall–Kier alpha value is -1.66. The zero-order valence-electron chi connectivity index (χ0n) is 17.2. The minimum absolute atomic E-state index is 0.105. The lowest BCUT2D eigenvalue weighted by Gasteiger charge is -2.12. The molecule has 0 bridgehead atoms. The molecule has 2 N–H and O–H groups in total. The number of benzene rings is 2. The number of para-hydroxylation sites is 1. The SMILES string of the molecule is CC[C@@H](C)OC(=O)Cc1oc2ccccc2c1C(=O)c1cc(I)c(OCCN)c(I)c1. The van der Waals surface area contributed by atoms with Gasteiger partial charge in [-0.15, -0.1) is 0 Å². The fourth-order valence-electron chi connectivity index (χ4n) is 3.08. The molecule has 2 aromatic carbocycles. The number of carbonyl (C=O) groups is 2. The van der Waals surface area contributed by atoms with Crippen LogP contribution in [0.4, 0.5) is 0 Å². The van der Waals surface area contributed by atoms with Gasteiger partial charge in [-0.25, -0.2) is 0 Å². The van der Waals surface area contributed by atoms with Crippen LogP contribution in [0.1, 0.15) is 41.9 Å². The van der Waals surface area contributed by atoms with Crippen molar-refractivity contribution in [1.29, 1.82) is 0 Å². The maximum Gasteiger partial charge on any atom is 0.313 e. The topological polar surface area (TPSA) is 91.8 Å². The van der Waals surface area contributed by atoms with Crippen LogP contribution in [0, 0.1) is 7.14 Å². The van der Waals surface area contributed by atoms with Gasteiger partial charge in [0, 0.05) is 17.5 Å². The van der Waals surface area contributed by atoms with Crippen molar-refractivity contribution < 1.29 is 23.5 Å². The molecule has 0 aliphatic carbocycles. The van der Waals surface area contributed by atoms with Crippen LogP contribution in [0.5, 0.6) is 5.75 Å². The van der Waals surface area contributed by atoms with Crippen LogP contribution in [0.3, 0.4) is 0 Å². The Morgan fingerprint density at radius 2 is 1.84 bits per heavy atom. The van der Waals surface area contributed by atoms with Gasteiger partial charge in [-0.3, -0.25) is 9.59 Å². The third-order valence-corrected chi connectivity index (χ3v) is 6.34. The van der Waals surface area contributed by atoms with Crippen LogP contribution in [0.15, 0.2) is 40.8 Å².